The third-order valence-corrected chi connectivity index (χ3v) is 3.68. The van der Waals surface area contributed by atoms with Gasteiger partial charge < -0.3 is 10.1 Å². The van der Waals surface area contributed by atoms with E-state index in [4.69, 9.17) is 4.74 Å². The summed E-state index contributed by atoms with van der Waals surface area (Å²) in [6, 6.07) is 5.46. The number of methoxy groups -OCH3 is 1. The zero-order valence-electron chi connectivity index (χ0n) is 12.5. The predicted octanol–water partition coefficient (Wildman–Crippen LogP) is 4.31. The molecule has 0 heterocycles. The van der Waals surface area contributed by atoms with Crippen LogP contribution in [0.2, 0.25) is 0 Å². The van der Waals surface area contributed by atoms with E-state index < -0.39 is 0 Å². The first-order valence-electron chi connectivity index (χ1n) is 7.25. The van der Waals surface area contributed by atoms with Gasteiger partial charge in [0.1, 0.15) is 0 Å². The fraction of sp³-hybridized carbons (Fsp3) is 0.625. The molecule has 0 saturated heterocycles. The number of ether oxygens (including phenoxy) is 1. The van der Waals surface area contributed by atoms with Gasteiger partial charge in [-0.25, -0.2) is 4.39 Å². The molecule has 2 nitrogen and oxygen atoms in total. The van der Waals surface area contributed by atoms with Crippen molar-refractivity contribution in [3.63, 3.8) is 0 Å². The van der Waals surface area contributed by atoms with Gasteiger partial charge in [-0.2, -0.15) is 0 Å². The summed E-state index contributed by atoms with van der Waals surface area (Å²) in [6.45, 7) is 7.34. The van der Waals surface area contributed by atoms with E-state index in [9.17, 15) is 4.39 Å². The molecular formula is C16H26FNO. The fourth-order valence-electron chi connectivity index (χ4n) is 2.52. The molecule has 0 spiro atoms. The lowest BCUT2D eigenvalue weighted by Gasteiger charge is -2.27. The molecule has 1 rings (SSSR count). The smallest absolute Gasteiger partial charge is 0.169 e. The molecule has 0 aliphatic heterocycles. The van der Waals surface area contributed by atoms with Crippen LogP contribution in [0.5, 0.6) is 5.75 Å². The van der Waals surface area contributed by atoms with Gasteiger partial charge in [-0.05, 0) is 24.9 Å². The van der Waals surface area contributed by atoms with Gasteiger partial charge in [-0.15, -0.1) is 0 Å². The first-order valence-corrected chi connectivity index (χ1v) is 7.25. The van der Waals surface area contributed by atoms with Crippen molar-refractivity contribution in [1.29, 1.82) is 0 Å². The van der Waals surface area contributed by atoms with Crippen molar-refractivity contribution in [2.24, 2.45) is 5.92 Å². The van der Waals surface area contributed by atoms with Gasteiger partial charge in [0.05, 0.1) is 7.11 Å². The van der Waals surface area contributed by atoms with Crippen molar-refractivity contribution >= 4 is 0 Å². The molecule has 0 aliphatic carbocycles. The number of halogens is 1. The lowest BCUT2D eigenvalue weighted by molar-refractivity contribution is 0.324. The van der Waals surface area contributed by atoms with E-state index in [1.54, 1.807) is 6.07 Å². The molecule has 108 valence electrons. The van der Waals surface area contributed by atoms with Crippen LogP contribution in [0, 0.1) is 11.7 Å². The van der Waals surface area contributed by atoms with E-state index in [2.05, 4.69) is 26.1 Å². The third kappa shape index (κ3) is 3.93. The lowest BCUT2D eigenvalue weighted by atomic mass is 9.88. The van der Waals surface area contributed by atoms with Crippen LogP contribution in [-0.2, 0) is 0 Å². The highest BCUT2D eigenvalue weighted by Gasteiger charge is 2.24. The number of rotatable bonds is 8. The Morgan fingerprint density at radius 1 is 1.21 bits per heavy atom. The van der Waals surface area contributed by atoms with Gasteiger partial charge in [0.2, 0.25) is 0 Å². The first kappa shape index (κ1) is 16.0. The maximum Gasteiger partial charge on any atom is 0.169 e. The van der Waals surface area contributed by atoms with Gasteiger partial charge in [0, 0.05) is 11.6 Å². The number of benzene rings is 1. The van der Waals surface area contributed by atoms with E-state index in [0.29, 0.717) is 11.7 Å². The van der Waals surface area contributed by atoms with Crippen LogP contribution in [0.25, 0.3) is 0 Å². The van der Waals surface area contributed by atoms with E-state index in [1.165, 1.54) is 7.11 Å². The Hall–Kier alpha value is -1.09. The SMILES string of the molecule is CCCNC(c1cccc(OC)c1F)C(CC)CC. The molecule has 0 aromatic heterocycles. The van der Waals surface area contributed by atoms with Crippen LogP contribution in [0.15, 0.2) is 18.2 Å². The largest absolute Gasteiger partial charge is 0.494 e. The Kier molecular flexibility index (Phi) is 6.85. The molecule has 1 aromatic carbocycles. The molecule has 0 aliphatic rings. The van der Waals surface area contributed by atoms with Crippen LogP contribution in [0.3, 0.4) is 0 Å². The molecule has 1 unspecified atom stereocenters. The second kappa shape index (κ2) is 8.16. The maximum absolute atomic E-state index is 14.4. The zero-order valence-corrected chi connectivity index (χ0v) is 12.5. The summed E-state index contributed by atoms with van der Waals surface area (Å²) in [6.07, 6.45) is 3.12. The molecule has 3 heteroatoms. The lowest BCUT2D eigenvalue weighted by Crippen LogP contribution is -2.29. The van der Waals surface area contributed by atoms with Gasteiger partial charge >= 0.3 is 0 Å². The summed E-state index contributed by atoms with van der Waals surface area (Å²) in [5.74, 6) is 0.533. The molecule has 0 saturated carbocycles. The highest BCUT2D eigenvalue weighted by Crippen LogP contribution is 2.32. The second-order valence-corrected chi connectivity index (χ2v) is 4.87. The summed E-state index contributed by atoms with van der Waals surface area (Å²) in [7, 11) is 1.51. The molecule has 0 amide bonds. The maximum atomic E-state index is 14.4. The van der Waals surface area contributed by atoms with Crippen LogP contribution in [-0.4, -0.2) is 13.7 Å². The summed E-state index contributed by atoms with van der Waals surface area (Å²) >= 11 is 0. The topological polar surface area (TPSA) is 21.3 Å². The first-order chi connectivity index (χ1) is 9.19. The Morgan fingerprint density at radius 2 is 1.89 bits per heavy atom. The molecular weight excluding hydrogens is 241 g/mol. The van der Waals surface area contributed by atoms with E-state index in [-0.39, 0.29) is 11.9 Å². The minimum absolute atomic E-state index is 0.0602. The van der Waals surface area contributed by atoms with Crippen LogP contribution in [0.4, 0.5) is 4.39 Å². The standard InChI is InChI=1S/C16H26FNO/c1-5-11-18-16(12(6-2)7-3)13-9-8-10-14(19-4)15(13)17/h8-10,12,16,18H,5-7,11H2,1-4H3. The van der Waals surface area contributed by atoms with Gasteiger partial charge in [0.15, 0.2) is 11.6 Å². The Bertz CT molecular complexity index is 377. The summed E-state index contributed by atoms with van der Waals surface area (Å²) in [5, 5.41) is 3.48. The second-order valence-electron chi connectivity index (χ2n) is 4.87. The summed E-state index contributed by atoms with van der Waals surface area (Å²) < 4.78 is 19.5. The average molecular weight is 267 g/mol. The predicted molar refractivity (Wildman–Crippen MR) is 78.1 cm³/mol. The quantitative estimate of drug-likeness (QED) is 0.757. The van der Waals surface area contributed by atoms with Crippen molar-refractivity contribution < 1.29 is 9.13 Å². The Labute approximate surface area is 116 Å². The minimum Gasteiger partial charge on any atom is -0.494 e. The average Bonchev–Trinajstić information content (AvgIpc) is 2.44. The van der Waals surface area contributed by atoms with Gasteiger partial charge in [-0.1, -0.05) is 45.7 Å². The van der Waals surface area contributed by atoms with E-state index in [0.717, 1.165) is 31.4 Å². The molecule has 19 heavy (non-hydrogen) atoms. The van der Waals surface area contributed by atoms with Gasteiger partial charge in [-0.3, -0.25) is 0 Å². The number of hydrogen-bond donors (Lipinski definition) is 1. The monoisotopic (exact) mass is 267 g/mol. The van der Waals surface area contributed by atoms with E-state index in [1.807, 2.05) is 12.1 Å². The van der Waals surface area contributed by atoms with E-state index >= 15 is 0 Å². The van der Waals surface area contributed by atoms with Crippen molar-refractivity contribution in [3.8, 4) is 5.75 Å². The molecule has 1 atom stereocenters. The van der Waals surface area contributed by atoms with Gasteiger partial charge in [0.25, 0.3) is 0 Å². The Morgan fingerprint density at radius 3 is 2.42 bits per heavy atom. The highest BCUT2D eigenvalue weighted by atomic mass is 19.1. The number of hydrogen-bond acceptors (Lipinski definition) is 2. The molecule has 0 fully saturated rings. The normalized spacial score (nSPS) is 12.7. The number of nitrogens with one attached hydrogen (secondary N) is 1. The van der Waals surface area contributed by atoms with Crippen molar-refractivity contribution in [2.75, 3.05) is 13.7 Å². The van der Waals surface area contributed by atoms with Crippen LogP contribution < -0.4 is 10.1 Å². The van der Waals surface area contributed by atoms with Crippen molar-refractivity contribution in [2.45, 2.75) is 46.1 Å². The fourth-order valence-corrected chi connectivity index (χ4v) is 2.52. The van der Waals surface area contributed by atoms with Crippen molar-refractivity contribution in [1.82, 2.24) is 5.32 Å². The molecule has 1 aromatic rings. The minimum atomic E-state index is -0.231. The highest BCUT2D eigenvalue weighted by molar-refractivity contribution is 5.33. The van der Waals surface area contributed by atoms with Crippen molar-refractivity contribution in [3.05, 3.63) is 29.6 Å². The molecule has 0 radical (unpaired) electrons. The Balaban J connectivity index is 3.08. The summed E-state index contributed by atoms with van der Waals surface area (Å²) in [4.78, 5) is 0. The molecule has 0 bridgehead atoms. The van der Waals surface area contributed by atoms with Crippen LogP contribution in [0.1, 0.15) is 51.6 Å². The van der Waals surface area contributed by atoms with Crippen LogP contribution >= 0.6 is 0 Å². The third-order valence-electron chi connectivity index (χ3n) is 3.68. The summed E-state index contributed by atoms with van der Waals surface area (Å²) in [5.41, 5.74) is 0.724. The zero-order chi connectivity index (χ0) is 14.3. The molecule has 1 N–H and O–H groups in total.